The number of nitrogens with two attached hydrogens (primary N) is 1. The number of rotatable bonds is 2. The predicted molar refractivity (Wildman–Crippen MR) is 58.8 cm³/mol. The Morgan fingerprint density at radius 3 is 2.79 bits per heavy atom. The molecular weight excluding hydrogens is 221 g/mol. The van der Waals surface area contributed by atoms with Gasteiger partial charge in [0.2, 0.25) is 0 Å². The summed E-state index contributed by atoms with van der Waals surface area (Å²) in [4.78, 5) is 0. The summed E-state index contributed by atoms with van der Waals surface area (Å²) in [5.74, 6) is 0. The van der Waals surface area contributed by atoms with E-state index in [1.807, 2.05) is 12.1 Å². The maximum Gasteiger partial charge on any atom is 0.136 e. The van der Waals surface area contributed by atoms with Crippen molar-refractivity contribution in [3.8, 4) is 0 Å². The van der Waals surface area contributed by atoms with Crippen LogP contribution in [0.5, 0.6) is 0 Å². The number of nitrogens with zero attached hydrogens (tertiary/aromatic N) is 2. The second kappa shape index (κ2) is 3.77. The Morgan fingerprint density at radius 2 is 2.14 bits per heavy atom. The molecule has 0 saturated carbocycles. The molecule has 1 aromatic carbocycles. The van der Waals surface area contributed by atoms with Crippen molar-refractivity contribution in [3.63, 3.8) is 0 Å². The van der Waals surface area contributed by atoms with Crippen molar-refractivity contribution in [1.82, 2.24) is 9.78 Å². The Morgan fingerprint density at radius 1 is 1.36 bits per heavy atom. The zero-order valence-electron chi connectivity index (χ0n) is 7.37. The summed E-state index contributed by atoms with van der Waals surface area (Å²) in [6.45, 7) is 1.11. The van der Waals surface area contributed by atoms with Gasteiger partial charge in [0.05, 0.1) is 22.5 Å². The lowest BCUT2D eigenvalue weighted by atomic mass is 10.3. The van der Waals surface area contributed by atoms with Gasteiger partial charge in [0.15, 0.2) is 0 Å². The van der Waals surface area contributed by atoms with Crippen molar-refractivity contribution in [2.24, 2.45) is 5.73 Å². The van der Waals surface area contributed by atoms with E-state index in [9.17, 15) is 0 Å². The molecule has 2 rings (SSSR count). The average molecular weight is 230 g/mol. The summed E-state index contributed by atoms with van der Waals surface area (Å²) in [6.07, 6.45) is 0. The summed E-state index contributed by atoms with van der Waals surface area (Å²) in [7, 11) is 0. The highest BCUT2D eigenvalue weighted by molar-refractivity contribution is 6.41. The molecule has 5 heteroatoms. The van der Waals surface area contributed by atoms with Gasteiger partial charge in [0.1, 0.15) is 5.15 Å². The molecule has 1 heterocycles. The topological polar surface area (TPSA) is 43.8 Å². The molecule has 0 spiro atoms. The first kappa shape index (κ1) is 9.77. The van der Waals surface area contributed by atoms with E-state index in [1.54, 1.807) is 10.7 Å². The molecule has 0 aliphatic carbocycles. The Labute approximate surface area is 91.4 Å². The normalized spacial score (nSPS) is 11.1. The lowest BCUT2D eigenvalue weighted by Gasteiger charge is -1.98. The summed E-state index contributed by atoms with van der Waals surface area (Å²) in [5.41, 5.74) is 6.24. The molecule has 0 unspecified atom stereocenters. The fourth-order valence-corrected chi connectivity index (χ4v) is 2.00. The Bertz CT molecular complexity index is 464. The van der Waals surface area contributed by atoms with Gasteiger partial charge in [-0.05, 0) is 12.1 Å². The van der Waals surface area contributed by atoms with E-state index in [0.717, 1.165) is 10.9 Å². The number of aromatic nitrogens is 2. The van der Waals surface area contributed by atoms with Crippen LogP contribution in [-0.4, -0.2) is 16.3 Å². The largest absolute Gasteiger partial charge is 0.329 e. The molecule has 0 amide bonds. The quantitative estimate of drug-likeness (QED) is 0.860. The van der Waals surface area contributed by atoms with E-state index in [0.29, 0.717) is 23.3 Å². The smallest absolute Gasteiger partial charge is 0.136 e. The van der Waals surface area contributed by atoms with Crippen LogP contribution in [0, 0.1) is 0 Å². The molecule has 1 aromatic heterocycles. The van der Waals surface area contributed by atoms with Crippen molar-refractivity contribution in [3.05, 3.63) is 28.4 Å². The molecule has 74 valence electrons. The first-order chi connectivity index (χ1) is 6.74. The van der Waals surface area contributed by atoms with Crippen LogP contribution in [0.4, 0.5) is 0 Å². The molecule has 2 N–H and O–H groups in total. The first-order valence-corrected chi connectivity index (χ1v) is 5.00. The van der Waals surface area contributed by atoms with Crippen molar-refractivity contribution in [1.29, 1.82) is 0 Å². The molecule has 0 saturated heterocycles. The monoisotopic (exact) mass is 229 g/mol. The minimum atomic E-state index is 0.505. The van der Waals surface area contributed by atoms with E-state index < -0.39 is 0 Å². The Hall–Kier alpha value is -0.770. The molecule has 14 heavy (non-hydrogen) atoms. The molecule has 3 nitrogen and oxygen atoms in total. The average Bonchev–Trinajstić information content (AvgIpc) is 2.46. The first-order valence-electron chi connectivity index (χ1n) is 4.24. The van der Waals surface area contributed by atoms with Crippen molar-refractivity contribution in [2.45, 2.75) is 6.54 Å². The van der Waals surface area contributed by atoms with Gasteiger partial charge in [-0.1, -0.05) is 29.3 Å². The third-order valence-electron chi connectivity index (χ3n) is 1.99. The zero-order chi connectivity index (χ0) is 10.1. The molecule has 0 fully saturated rings. The van der Waals surface area contributed by atoms with Crippen molar-refractivity contribution >= 4 is 34.1 Å². The van der Waals surface area contributed by atoms with Crippen LogP contribution in [0.1, 0.15) is 0 Å². The molecule has 0 radical (unpaired) electrons. The van der Waals surface area contributed by atoms with Gasteiger partial charge < -0.3 is 5.73 Å². The maximum atomic E-state index is 6.10. The zero-order valence-corrected chi connectivity index (χ0v) is 8.89. The Kier molecular flexibility index (Phi) is 2.63. The highest BCUT2D eigenvalue weighted by Crippen LogP contribution is 2.29. The maximum absolute atomic E-state index is 6.10. The van der Waals surface area contributed by atoms with Crippen molar-refractivity contribution in [2.75, 3.05) is 6.54 Å². The number of benzene rings is 1. The van der Waals surface area contributed by atoms with Gasteiger partial charge in [-0.25, -0.2) is 0 Å². The molecule has 0 aliphatic heterocycles. The van der Waals surface area contributed by atoms with E-state index in [2.05, 4.69) is 5.10 Å². The van der Waals surface area contributed by atoms with Crippen LogP contribution in [0.3, 0.4) is 0 Å². The Balaban J connectivity index is 2.68. The van der Waals surface area contributed by atoms with Crippen LogP contribution in [0.25, 0.3) is 10.9 Å². The van der Waals surface area contributed by atoms with Gasteiger partial charge in [0.25, 0.3) is 0 Å². The van der Waals surface area contributed by atoms with E-state index in [1.165, 1.54) is 0 Å². The fourth-order valence-electron chi connectivity index (χ4n) is 1.37. The lowest BCUT2D eigenvalue weighted by Crippen LogP contribution is -2.10. The standard InChI is InChI=1S/C9H9Cl2N3/c10-6-2-1-3-7-8(6)9(11)14(13-7)5-4-12/h1-3H,4-5,12H2. The van der Waals surface area contributed by atoms with Crippen LogP contribution in [0.2, 0.25) is 10.2 Å². The summed E-state index contributed by atoms with van der Waals surface area (Å²) >= 11 is 12.1. The summed E-state index contributed by atoms with van der Waals surface area (Å²) < 4.78 is 1.66. The second-order valence-electron chi connectivity index (χ2n) is 2.94. The number of hydrogen-bond acceptors (Lipinski definition) is 2. The second-order valence-corrected chi connectivity index (χ2v) is 3.70. The summed E-state index contributed by atoms with van der Waals surface area (Å²) in [5, 5.41) is 6.25. The molecule has 0 bridgehead atoms. The van der Waals surface area contributed by atoms with Crippen LogP contribution < -0.4 is 5.73 Å². The predicted octanol–water partition coefficient (Wildman–Crippen LogP) is 2.30. The number of fused-ring (bicyclic) bond motifs is 1. The van der Waals surface area contributed by atoms with Gasteiger partial charge in [-0.3, -0.25) is 4.68 Å². The molecule has 2 aromatic rings. The number of hydrogen-bond donors (Lipinski definition) is 1. The highest BCUT2D eigenvalue weighted by atomic mass is 35.5. The van der Waals surface area contributed by atoms with E-state index in [-0.39, 0.29) is 0 Å². The van der Waals surface area contributed by atoms with E-state index >= 15 is 0 Å². The van der Waals surface area contributed by atoms with Crippen LogP contribution in [-0.2, 0) is 6.54 Å². The third kappa shape index (κ3) is 1.47. The van der Waals surface area contributed by atoms with Crippen LogP contribution in [0.15, 0.2) is 18.2 Å². The number of halogens is 2. The van der Waals surface area contributed by atoms with Crippen molar-refractivity contribution < 1.29 is 0 Å². The third-order valence-corrected chi connectivity index (χ3v) is 2.69. The van der Waals surface area contributed by atoms with Gasteiger partial charge in [-0.15, -0.1) is 0 Å². The van der Waals surface area contributed by atoms with E-state index in [4.69, 9.17) is 28.9 Å². The lowest BCUT2D eigenvalue weighted by molar-refractivity contribution is 0.632. The minimum Gasteiger partial charge on any atom is -0.329 e. The van der Waals surface area contributed by atoms with Gasteiger partial charge >= 0.3 is 0 Å². The fraction of sp³-hybridized carbons (Fsp3) is 0.222. The highest BCUT2D eigenvalue weighted by Gasteiger charge is 2.10. The van der Waals surface area contributed by atoms with Gasteiger partial charge in [-0.2, -0.15) is 5.10 Å². The molecular formula is C9H9Cl2N3. The van der Waals surface area contributed by atoms with Gasteiger partial charge in [0, 0.05) is 6.54 Å². The van der Waals surface area contributed by atoms with Crippen LogP contribution >= 0.6 is 23.2 Å². The molecule has 0 atom stereocenters. The summed E-state index contributed by atoms with van der Waals surface area (Å²) in [6, 6.07) is 5.52. The minimum absolute atomic E-state index is 0.505. The SMILES string of the molecule is NCCn1nc2cccc(Cl)c2c1Cl. The molecule has 0 aliphatic rings.